The highest BCUT2D eigenvalue weighted by atomic mass is 35.5. The molecule has 4 aliphatic rings. The van der Waals surface area contributed by atoms with Crippen LogP contribution in [0.5, 0.6) is 5.75 Å². The maximum atomic E-state index is 12.9. The smallest absolute Gasteiger partial charge is 0.256 e. The van der Waals surface area contributed by atoms with E-state index in [1.807, 2.05) is 18.2 Å². The fourth-order valence-electron chi connectivity index (χ4n) is 6.46. The minimum atomic E-state index is -0.235. The monoisotopic (exact) mass is 484 g/mol. The van der Waals surface area contributed by atoms with Gasteiger partial charge in [-0.1, -0.05) is 23.7 Å². The van der Waals surface area contributed by atoms with E-state index in [1.165, 1.54) is 31.0 Å². The summed E-state index contributed by atoms with van der Waals surface area (Å²) >= 11 is 7.59. The van der Waals surface area contributed by atoms with E-state index >= 15 is 0 Å². The third kappa shape index (κ3) is 4.87. The number of ether oxygens (including phenoxy) is 1. The van der Waals surface area contributed by atoms with Crippen LogP contribution in [0.4, 0.5) is 5.69 Å². The maximum Gasteiger partial charge on any atom is 0.256 e. The van der Waals surface area contributed by atoms with E-state index in [-0.39, 0.29) is 17.4 Å². The number of anilines is 1. The third-order valence-electron chi connectivity index (χ3n) is 7.34. The van der Waals surface area contributed by atoms with Gasteiger partial charge in [-0.3, -0.25) is 9.59 Å². The molecule has 2 amide bonds. The van der Waals surface area contributed by atoms with Crippen molar-refractivity contribution in [3.63, 3.8) is 0 Å². The van der Waals surface area contributed by atoms with Gasteiger partial charge >= 0.3 is 0 Å². The molecular formula is C26H29ClN2O3S. The number of halogens is 1. The first-order valence-corrected chi connectivity index (χ1v) is 13.0. The van der Waals surface area contributed by atoms with Crippen LogP contribution >= 0.6 is 23.4 Å². The average Bonchev–Trinajstić information content (AvgIpc) is 2.77. The molecule has 0 atom stereocenters. The lowest BCUT2D eigenvalue weighted by molar-refractivity contribution is -0.124. The molecule has 174 valence electrons. The van der Waals surface area contributed by atoms with E-state index in [0.717, 1.165) is 41.9 Å². The molecule has 0 radical (unpaired) electrons. The maximum absolute atomic E-state index is 12.9. The van der Waals surface area contributed by atoms with Crippen LogP contribution in [-0.2, 0) is 4.79 Å². The molecule has 0 unspecified atom stereocenters. The summed E-state index contributed by atoms with van der Waals surface area (Å²) in [6, 6.07) is 12.5. The van der Waals surface area contributed by atoms with Crippen molar-refractivity contribution >= 4 is 40.9 Å². The number of nitrogens with one attached hydrogen (secondary N) is 2. The standard InChI is InChI=1S/C26H29ClN2O3S/c1-32-22-7-6-19(11-21(22)27)28-25(31)20-4-2-3-5-23(20)33-15-24(30)29-26-12-16-8-17(13-26)10-18(9-16)14-26/h2-7,11,16-18H,8-10,12-15H2,1H3,(H,28,31)(H,29,30). The van der Waals surface area contributed by atoms with Gasteiger partial charge in [-0.2, -0.15) is 0 Å². The summed E-state index contributed by atoms with van der Waals surface area (Å²) in [6.45, 7) is 0. The molecule has 4 bridgehead atoms. The molecule has 0 spiro atoms. The second-order valence-corrected chi connectivity index (χ2v) is 11.3. The molecule has 33 heavy (non-hydrogen) atoms. The molecule has 0 heterocycles. The minimum absolute atomic E-state index is 0.0108. The van der Waals surface area contributed by atoms with Crippen LogP contribution in [0.15, 0.2) is 47.4 Å². The summed E-state index contributed by atoms with van der Waals surface area (Å²) in [5.41, 5.74) is 1.14. The van der Waals surface area contributed by atoms with Gasteiger partial charge in [0.15, 0.2) is 0 Å². The Kier molecular flexibility index (Phi) is 6.32. The Bertz CT molecular complexity index is 1040. The Morgan fingerprint density at radius 3 is 2.36 bits per heavy atom. The molecule has 4 aliphatic carbocycles. The molecule has 2 N–H and O–H groups in total. The minimum Gasteiger partial charge on any atom is -0.495 e. The van der Waals surface area contributed by atoms with Gasteiger partial charge in [0.05, 0.1) is 23.4 Å². The number of amides is 2. The van der Waals surface area contributed by atoms with Crippen LogP contribution in [-0.4, -0.2) is 30.2 Å². The lowest BCUT2D eigenvalue weighted by atomic mass is 9.53. The molecule has 6 rings (SSSR count). The molecule has 4 saturated carbocycles. The van der Waals surface area contributed by atoms with E-state index < -0.39 is 0 Å². The first-order valence-electron chi connectivity index (χ1n) is 11.6. The molecule has 5 nitrogen and oxygen atoms in total. The van der Waals surface area contributed by atoms with Crippen molar-refractivity contribution in [2.24, 2.45) is 17.8 Å². The Morgan fingerprint density at radius 2 is 1.73 bits per heavy atom. The Morgan fingerprint density at radius 1 is 1.06 bits per heavy atom. The van der Waals surface area contributed by atoms with E-state index in [9.17, 15) is 9.59 Å². The van der Waals surface area contributed by atoms with Gasteiger partial charge in [0.1, 0.15) is 5.75 Å². The summed E-state index contributed by atoms with van der Waals surface area (Å²) in [6.07, 6.45) is 7.47. The van der Waals surface area contributed by atoms with Crippen molar-refractivity contribution in [1.82, 2.24) is 5.32 Å². The number of carbonyl (C=O) groups is 2. The zero-order valence-corrected chi connectivity index (χ0v) is 20.3. The number of hydrogen-bond donors (Lipinski definition) is 2. The van der Waals surface area contributed by atoms with Crippen molar-refractivity contribution in [2.45, 2.75) is 49.0 Å². The second-order valence-electron chi connectivity index (χ2n) is 9.83. The van der Waals surface area contributed by atoms with E-state index in [0.29, 0.717) is 27.8 Å². The van der Waals surface area contributed by atoms with Crippen molar-refractivity contribution in [1.29, 1.82) is 0 Å². The molecule has 0 aromatic heterocycles. The SMILES string of the molecule is COc1ccc(NC(=O)c2ccccc2SCC(=O)NC23CC4CC(CC(C4)C2)C3)cc1Cl. The van der Waals surface area contributed by atoms with Crippen molar-refractivity contribution in [3.05, 3.63) is 53.1 Å². The van der Waals surface area contributed by atoms with Crippen LogP contribution in [0.25, 0.3) is 0 Å². The van der Waals surface area contributed by atoms with Gasteiger partial charge in [0.2, 0.25) is 5.91 Å². The zero-order valence-electron chi connectivity index (χ0n) is 18.7. The Balaban J connectivity index is 1.22. The van der Waals surface area contributed by atoms with Crippen LogP contribution < -0.4 is 15.4 Å². The molecular weight excluding hydrogens is 456 g/mol. The topological polar surface area (TPSA) is 67.4 Å². The van der Waals surface area contributed by atoms with Gasteiger partial charge < -0.3 is 15.4 Å². The molecule has 0 saturated heterocycles. The van der Waals surface area contributed by atoms with Crippen molar-refractivity contribution in [2.75, 3.05) is 18.2 Å². The van der Waals surface area contributed by atoms with E-state index in [1.54, 1.807) is 31.4 Å². The first kappa shape index (κ1) is 22.6. The highest BCUT2D eigenvalue weighted by Gasteiger charge is 2.51. The van der Waals surface area contributed by atoms with Crippen LogP contribution in [0, 0.1) is 17.8 Å². The number of hydrogen-bond acceptors (Lipinski definition) is 4. The van der Waals surface area contributed by atoms with Gasteiger partial charge in [0, 0.05) is 16.1 Å². The van der Waals surface area contributed by atoms with Crippen molar-refractivity contribution < 1.29 is 14.3 Å². The average molecular weight is 485 g/mol. The molecule has 2 aromatic carbocycles. The van der Waals surface area contributed by atoms with Gasteiger partial charge in [-0.05, 0) is 86.6 Å². The van der Waals surface area contributed by atoms with Gasteiger partial charge in [-0.25, -0.2) is 0 Å². The molecule has 0 aliphatic heterocycles. The quantitative estimate of drug-likeness (QED) is 0.489. The largest absolute Gasteiger partial charge is 0.495 e. The molecule has 2 aromatic rings. The number of carbonyl (C=O) groups excluding carboxylic acids is 2. The predicted molar refractivity (Wildman–Crippen MR) is 132 cm³/mol. The highest BCUT2D eigenvalue weighted by Crippen LogP contribution is 2.55. The second kappa shape index (κ2) is 9.22. The lowest BCUT2D eigenvalue weighted by Gasteiger charge is -2.56. The number of thioether (sulfide) groups is 1. The fourth-order valence-corrected chi connectivity index (χ4v) is 7.57. The number of benzene rings is 2. The first-order chi connectivity index (χ1) is 15.9. The summed E-state index contributed by atoms with van der Waals surface area (Å²) in [4.78, 5) is 26.6. The third-order valence-corrected chi connectivity index (χ3v) is 8.71. The van der Waals surface area contributed by atoms with Crippen molar-refractivity contribution in [3.8, 4) is 5.75 Å². The highest BCUT2D eigenvalue weighted by molar-refractivity contribution is 8.00. The van der Waals surface area contributed by atoms with Crippen LogP contribution in [0.2, 0.25) is 5.02 Å². The predicted octanol–water partition coefficient (Wildman–Crippen LogP) is 5.78. The van der Waals surface area contributed by atoms with Gasteiger partial charge in [0.25, 0.3) is 5.91 Å². The van der Waals surface area contributed by atoms with E-state index in [4.69, 9.17) is 16.3 Å². The Hall–Kier alpha value is -2.18. The van der Waals surface area contributed by atoms with Crippen LogP contribution in [0.3, 0.4) is 0 Å². The normalized spacial score (nSPS) is 27.3. The number of methoxy groups -OCH3 is 1. The molecule has 7 heteroatoms. The summed E-state index contributed by atoms with van der Waals surface area (Å²) in [7, 11) is 1.55. The Labute approximate surface area is 204 Å². The lowest BCUT2D eigenvalue weighted by Crippen LogP contribution is -2.60. The van der Waals surface area contributed by atoms with E-state index in [2.05, 4.69) is 10.6 Å². The summed E-state index contributed by atoms with van der Waals surface area (Å²) < 4.78 is 5.16. The molecule has 4 fully saturated rings. The van der Waals surface area contributed by atoms with Crippen LogP contribution in [0.1, 0.15) is 48.9 Å². The van der Waals surface area contributed by atoms with Gasteiger partial charge in [-0.15, -0.1) is 11.8 Å². The summed E-state index contributed by atoms with van der Waals surface area (Å²) in [5.74, 6) is 3.07. The number of rotatable bonds is 7. The fraction of sp³-hybridized carbons (Fsp3) is 0.462. The zero-order chi connectivity index (χ0) is 23.0. The summed E-state index contributed by atoms with van der Waals surface area (Å²) in [5, 5.41) is 6.73.